The highest BCUT2D eigenvalue weighted by molar-refractivity contribution is 8.26. The molecule has 0 radical (unpaired) electrons. The average Bonchev–Trinajstić information content (AvgIpc) is 3.27. The normalized spacial score (nSPS) is 20.8. The molecule has 4 rings (SSSR count). The van der Waals surface area contributed by atoms with Crippen LogP contribution in [0.2, 0.25) is 0 Å². The van der Waals surface area contributed by atoms with Crippen LogP contribution in [0.15, 0.2) is 23.1 Å². The van der Waals surface area contributed by atoms with Gasteiger partial charge in [0.1, 0.15) is 4.32 Å². The molecule has 29 heavy (non-hydrogen) atoms. The molecule has 3 heterocycles. The van der Waals surface area contributed by atoms with Gasteiger partial charge in [-0.15, -0.1) is 0 Å². The lowest BCUT2D eigenvalue weighted by Gasteiger charge is -2.30. The van der Waals surface area contributed by atoms with Gasteiger partial charge in [0.15, 0.2) is 11.5 Å². The number of nitrogens with zero attached hydrogens (tertiary/aromatic N) is 2. The van der Waals surface area contributed by atoms with Gasteiger partial charge in [0.2, 0.25) is 12.7 Å². The molecule has 2 saturated heterocycles. The SMILES string of the molecule is C[NH+]1CCN(C(=O)CCCN2C(=O)/C(=C/c3ccc4c(c3)OCO4)SC2=S)CC1. The Balaban J connectivity index is 1.32. The van der Waals surface area contributed by atoms with E-state index >= 15 is 0 Å². The summed E-state index contributed by atoms with van der Waals surface area (Å²) in [7, 11) is 2.15. The molecule has 0 aliphatic carbocycles. The van der Waals surface area contributed by atoms with Crippen LogP contribution < -0.4 is 14.4 Å². The van der Waals surface area contributed by atoms with E-state index in [9.17, 15) is 9.59 Å². The molecule has 3 aliphatic rings. The summed E-state index contributed by atoms with van der Waals surface area (Å²) in [5.74, 6) is 1.45. The monoisotopic (exact) mass is 434 g/mol. The zero-order valence-corrected chi connectivity index (χ0v) is 17.9. The molecule has 0 spiro atoms. The van der Waals surface area contributed by atoms with Gasteiger partial charge in [-0.05, 0) is 30.2 Å². The van der Waals surface area contributed by atoms with Gasteiger partial charge in [-0.3, -0.25) is 14.5 Å². The zero-order chi connectivity index (χ0) is 20.4. The number of rotatable bonds is 5. The molecule has 3 aliphatic heterocycles. The number of quaternary nitrogens is 1. The van der Waals surface area contributed by atoms with E-state index in [0.717, 1.165) is 31.7 Å². The van der Waals surface area contributed by atoms with E-state index in [4.69, 9.17) is 21.7 Å². The van der Waals surface area contributed by atoms with Crippen molar-refractivity contribution in [3.63, 3.8) is 0 Å². The van der Waals surface area contributed by atoms with Crippen LogP contribution in [-0.2, 0) is 9.59 Å². The van der Waals surface area contributed by atoms with Gasteiger partial charge >= 0.3 is 0 Å². The number of hydrogen-bond acceptors (Lipinski definition) is 6. The number of thiocarbonyl (C=S) groups is 1. The second-order valence-corrected chi connectivity index (χ2v) is 9.06. The second-order valence-electron chi connectivity index (χ2n) is 7.39. The number of nitrogens with one attached hydrogen (secondary N) is 1. The lowest BCUT2D eigenvalue weighted by Crippen LogP contribution is -3.12. The summed E-state index contributed by atoms with van der Waals surface area (Å²) in [6.45, 7) is 4.28. The van der Waals surface area contributed by atoms with E-state index < -0.39 is 0 Å². The van der Waals surface area contributed by atoms with E-state index in [1.54, 1.807) is 4.90 Å². The van der Waals surface area contributed by atoms with Crippen molar-refractivity contribution in [1.29, 1.82) is 0 Å². The maximum absolute atomic E-state index is 12.8. The first-order chi connectivity index (χ1) is 14.0. The molecule has 1 aromatic carbocycles. The van der Waals surface area contributed by atoms with E-state index in [1.807, 2.05) is 29.2 Å². The number of piperazine rings is 1. The number of carbonyl (C=O) groups is 2. The Morgan fingerprint density at radius 1 is 1.28 bits per heavy atom. The van der Waals surface area contributed by atoms with Gasteiger partial charge in [0.25, 0.3) is 5.91 Å². The molecule has 0 bridgehead atoms. The summed E-state index contributed by atoms with van der Waals surface area (Å²) in [5.41, 5.74) is 0.863. The first kappa shape index (κ1) is 20.2. The molecule has 0 aromatic heterocycles. The minimum atomic E-state index is -0.103. The molecule has 0 unspecified atom stereocenters. The Kier molecular flexibility index (Phi) is 6.07. The lowest BCUT2D eigenvalue weighted by molar-refractivity contribution is -0.883. The molecule has 9 heteroatoms. The third-order valence-electron chi connectivity index (χ3n) is 5.31. The summed E-state index contributed by atoms with van der Waals surface area (Å²) >= 11 is 6.69. The summed E-state index contributed by atoms with van der Waals surface area (Å²) < 4.78 is 11.2. The van der Waals surface area contributed by atoms with Crippen molar-refractivity contribution < 1.29 is 24.0 Å². The molecule has 1 aromatic rings. The summed E-state index contributed by atoms with van der Waals surface area (Å²) in [6, 6.07) is 5.57. The van der Waals surface area contributed by atoms with Crippen molar-refractivity contribution in [1.82, 2.24) is 9.80 Å². The third kappa shape index (κ3) is 4.57. The van der Waals surface area contributed by atoms with Gasteiger partial charge in [-0.25, -0.2) is 0 Å². The quantitative estimate of drug-likeness (QED) is 0.545. The number of ether oxygens (including phenoxy) is 2. The lowest BCUT2D eigenvalue weighted by atomic mass is 10.2. The van der Waals surface area contributed by atoms with Crippen LogP contribution >= 0.6 is 24.0 Å². The van der Waals surface area contributed by atoms with Crippen LogP contribution in [0.25, 0.3) is 6.08 Å². The van der Waals surface area contributed by atoms with Gasteiger partial charge in [0.05, 0.1) is 38.1 Å². The minimum absolute atomic E-state index is 0.103. The molecule has 2 amide bonds. The molecular formula is C20H24N3O4S2+. The fraction of sp³-hybridized carbons (Fsp3) is 0.450. The number of likely N-dealkylation sites (N-methyl/N-ethyl adjacent to an activating group) is 1. The van der Waals surface area contributed by atoms with Crippen LogP contribution in [0, 0.1) is 0 Å². The Morgan fingerprint density at radius 3 is 2.83 bits per heavy atom. The molecule has 2 fully saturated rings. The van der Waals surface area contributed by atoms with Crippen molar-refractivity contribution in [3.8, 4) is 11.5 Å². The Hall–Kier alpha value is -2.10. The fourth-order valence-corrected chi connectivity index (χ4v) is 4.84. The van der Waals surface area contributed by atoms with Gasteiger partial charge in [0, 0.05) is 13.0 Å². The highest BCUT2D eigenvalue weighted by atomic mass is 32.2. The van der Waals surface area contributed by atoms with Crippen LogP contribution in [0.4, 0.5) is 0 Å². The van der Waals surface area contributed by atoms with Crippen LogP contribution in [0.3, 0.4) is 0 Å². The molecule has 7 nitrogen and oxygen atoms in total. The third-order valence-corrected chi connectivity index (χ3v) is 6.69. The highest BCUT2D eigenvalue weighted by Crippen LogP contribution is 2.36. The molecule has 0 saturated carbocycles. The van der Waals surface area contributed by atoms with Crippen LogP contribution in [0.1, 0.15) is 18.4 Å². The highest BCUT2D eigenvalue weighted by Gasteiger charge is 2.32. The summed E-state index contributed by atoms with van der Waals surface area (Å²) in [5, 5.41) is 0. The van der Waals surface area contributed by atoms with Gasteiger partial charge in [-0.1, -0.05) is 30.0 Å². The maximum atomic E-state index is 12.8. The largest absolute Gasteiger partial charge is 0.454 e. The Bertz CT molecular complexity index is 865. The van der Waals surface area contributed by atoms with Crippen molar-refractivity contribution in [3.05, 3.63) is 28.7 Å². The number of hydrogen-bond donors (Lipinski definition) is 1. The number of benzene rings is 1. The van der Waals surface area contributed by atoms with Crippen molar-refractivity contribution in [2.24, 2.45) is 0 Å². The number of thioether (sulfide) groups is 1. The Labute approximate surface area is 179 Å². The first-order valence-corrected chi connectivity index (χ1v) is 11.0. The fourth-order valence-electron chi connectivity index (χ4n) is 3.53. The summed E-state index contributed by atoms with van der Waals surface area (Å²) in [4.78, 5) is 30.7. The van der Waals surface area contributed by atoms with Crippen LogP contribution in [0.5, 0.6) is 11.5 Å². The molecule has 154 valence electrons. The predicted octanol–water partition coefficient (Wildman–Crippen LogP) is 0.754. The van der Waals surface area contributed by atoms with E-state index in [0.29, 0.717) is 40.1 Å². The smallest absolute Gasteiger partial charge is 0.266 e. The van der Waals surface area contributed by atoms with Gasteiger partial charge in [-0.2, -0.15) is 0 Å². The van der Waals surface area contributed by atoms with E-state index in [2.05, 4.69) is 7.05 Å². The molecule has 1 N–H and O–H groups in total. The average molecular weight is 435 g/mol. The topological polar surface area (TPSA) is 63.5 Å². The Morgan fingerprint density at radius 2 is 2.03 bits per heavy atom. The standard InChI is InChI=1S/C20H23N3O4S2/c1-21-7-9-22(10-8-21)18(24)3-2-6-23-19(25)17(29-20(23)28)12-14-4-5-15-16(11-14)27-13-26-15/h4-5,11-12H,2-3,6-10,13H2,1H3/p+1/b17-12-. The molecule has 0 atom stereocenters. The maximum Gasteiger partial charge on any atom is 0.266 e. The number of amides is 2. The number of fused-ring (bicyclic) bond motifs is 1. The van der Waals surface area contributed by atoms with Crippen molar-refractivity contribution in [2.45, 2.75) is 12.8 Å². The zero-order valence-electron chi connectivity index (χ0n) is 16.3. The number of carbonyl (C=O) groups excluding carboxylic acids is 2. The minimum Gasteiger partial charge on any atom is -0.454 e. The van der Waals surface area contributed by atoms with Crippen LogP contribution in [-0.4, -0.2) is 72.5 Å². The predicted molar refractivity (Wildman–Crippen MR) is 115 cm³/mol. The molecular weight excluding hydrogens is 410 g/mol. The first-order valence-electron chi connectivity index (χ1n) is 9.75. The van der Waals surface area contributed by atoms with Gasteiger partial charge < -0.3 is 19.3 Å². The van der Waals surface area contributed by atoms with E-state index in [-0.39, 0.29) is 18.6 Å². The second kappa shape index (κ2) is 8.73. The van der Waals surface area contributed by atoms with Crippen molar-refractivity contribution in [2.75, 3.05) is 46.6 Å². The van der Waals surface area contributed by atoms with Crippen molar-refractivity contribution >= 4 is 46.2 Å². The summed E-state index contributed by atoms with van der Waals surface area (Å²) in [6.07, 6.45) is 2.87. The van der Waals surface area contributed by atoms with E-state index in [1.165, 1.54) is 16.7 Å².